The van der Waals surface area contributed by atoms with E-state index in [1.807, 2.05) is 42.3 Å². The molecule has 106 valence electrons. The molecule has 0 aliphatic heterocycles. The molecule has 0 unspecified atom stereocenters. The van der Waals surface area contributed by atoms with Crippen molar-refractivity contribution in [1.82, 2.24) is 4.98 Å². The van der Waals surface area contributed by atoms with Crippen LogP contribution in [0.25, 0.3) is 22.4 Å². The van der Waals surface area contributed by atoms with Crippen molar-refractivity contribution in [2.75, 3.05) is 0 Å². The molecule has 0 aliphatic rings. The van der Waals surface area contributed by atoms with E-state index in [4.69, 9.17) is 4.42 Å². The van der Waals surface area contributed by atoms with Crippen molar-refractivity contribution in [1.29, 1.82) is 0 Å². The van der Waals surface area contributed by atoms with Crippen LogP contribution in [0, 0.1) is 0 Å². The third-order valence-electron chi connectivity index (χ3n) is 3.01. The maximum atomic E-state index is 11.8. The van der Waals surface area contributed by atoms with E-state index in [0.29, 0.717) is 5.76 Å². The molecule has 0 saturated carbocycles. The van der Waals surface area contributed by atoms with Crippen LogP contribution in [0.1, 0.15) is 5.89 Å². The Kier molecular flexibility index (Phi) is 3.72. The monoisotopic (exact) mass is 289 g/mol. The maximum absolute atomic E-state index is 11.8. The molecule has 5 nitrogen and oxygen atoms in total. The van der Waals surface area contributed by atoms with E-state index in [2.05, 4.69) is 4.98 Å². The highest BCUT2D eigenvalue weighted by Crippen LogP contribution is 2.19. The van der Waals surface area contributed by atoms with Crippen molar-refractivity contribution in [3.05, 3.63) is 88.6 Å². The fraction of sp³-hybridized carbons (Fsp3) is 0. The second kappa shape index (κ2) is 5.99. The lowest BCUT2D eigenvalue weighted by atomic mass is 10.2. The van der Waals surface area contributed by atoms with Gasteiger partial charge < -0.3 is 9.83 Å². The van der Waals surface area contributed by atoms with Gasteiger partial charge >= 0.3 is 5.89 Å². The number of hydrogen-bond acceptors (Lipinski definition) is 3. The Morgan fingerprint density at radius 3 is 2.45 bits per heavy atom. The minimum absolute atomic E-state index is 0.00921. The van der Waals surface area contributed by atoms with E-state index in [-0.39, 0.29) is 11.6 Å². The summed E-state index contributed by atoms with van der Waals surface area (Å²) in [5, 5.41) is 9.38. The molecule has 5 heteroatoms. The van der Waals surface area contributed by atoms with Crippen molar-refractivity contribution in [2.24, 2.45) is 0 Å². The van der Waals surface area contributed by atoms with E-state index in [9.17, 15) is 10.2 Å². The first-order valence-corrected chi connectivity index (χ1v) is 6.59. The number of aromatic nitrogens is 2. The lowest BCUT2D eigenvalue weighted by molar-refractivity contribution is -0.578. The molecular formula is C17H11N3O2. The van der Waals surface area contributed by atoms with Gasteiger partial charge in [-0.05, 0) is 0 Å². The minimum atomic E-state index is -0.454. The van der Waals surface area contributed by atoms with Crippen LogP contribution in [0.5, 0.6) is 0 Å². The average molecular weight is 289 g/mol. The SMILES string of the molecule is [N-]=C=C(c1nc(=O)cc(-c2ccccc2)o1)[n+]1ccccc1. The molecule has 22 heavy (non-hydrogen) atoms. The van der Waals surface area contributed by atoms with Crippen LogP contribution in [-0.2, 0) is 0 Å². The van der Waals surface area contributed by atoms with Crippen molar-refractivity contribution in [3.63, 3.8) is 0 Å². The van der Waals surface area contributed by atoms with Crippen LogP contribution in [0.15, 0.2) is 76.2 Å². The third-order valence-corrected chi connectivity index (χ3v) is 3.01. The van der Waals surface area contributed by atoms with Gasteiger partial charge in [0.15, 0.2) is 12.4 Å². The van der Waals surface area contributed by atoms with E-state index >= 15 is 0 Å². The van der Waals surface area contributed by atoms with Crippen LogP contribution >= 0.6 is 0 Å². The van der Waals surface area contributed by atoms with Crippen LogP contribution < -0.4 is 10.1 Å². The first kappa shape index (κ1) is 13.7. The molecule has 0 fully saturated rings. The Balaban J connectivity index is 2.14. The zero-order valence-electron chi connectivity index (χ0n) is 11.5. The molecule has 0 radical (unpaired) electrons. The zero-order valence-corrected chi connectivity index (χ0v) is 11.5. The van der Waals surface area contributed by atoms with Gasteiger partial charge in [-0.1, -0.05) is 36.4 Å². The molecule has 2 aromatic heterocycles. The smallest absolute Gasteiger partial charge is 0.304 e. The van der Waals surface area contributed by atoms with Gasteiger partial charge in [0.1, 0.15) is 5.76 Å². The van der Waals surface area contributed by atoms with Gasteiger partial charge in [-0.25, -0.2) is 0 Å². The summed E-state index contributed by atoms with van der Waals surface area (Å²) in [6.45, 7) is 0. The van der Waals surface area contributed by atoms with Crippen molar-refractivity contribution in [2.45, 2.75) is 0 Å². The number of nitrogens with zero attached hydrogens (tertiary/aromatic N) is 3. The first-order valence-electron chi connectivity index (χ1n) is 6.59. The molecule has 0 saturated heterocycles. The van der Waals surface area contributed by atoms with Gasteiger partial charge in [0, 0.05) is 23.8 Å². The highest BCUT2D eigenvalue weighted by atomic mass is 16.3. The Bertz CT molecular complexity index is 896. The number of rotatable bonds is 3. The quantitative estimate of drug-likeness (QED) is 0.548. The summed E-state index contributed by atoms with van der Waals surface area (Å²) in [4.78, 5) is 15.6. The number of hydrogen-bond donors (Lipinski definition) is 0. The van der Waals surface area contributed by atoms with Crippen LogP contribution in [0.4, 0.5) is 0 Å². The van der Waals surface area contributed by atoms with Gasteiger partial charge in [0.05, 0.1) is 0 Å². The summed E-state index contributed by atoms with van der Waals surface area (Å²) in [5.41, 5.74) is 0.443. The van der Waals surface area contributed by atoms with Crippen LogP contribution in [-0.4, -0.2) is 10.9 Å². The van der Waals surface area contributed by atoms with Gasteiger partial charge in [-0.2, -0.15) is 15.4 Å². The Morgan fingerprint density at radius 1 is 1.09 bits per heavy atom. The van der Waals surface area contributed by atoms with Crippen molar-refractivity contribution in [3.8, 4) is 11.3 Å². The standard InChI is InChI=1S/C17H11N3O2/c18-12-14(20-9-5-2-6-10-20)17-19-16(21)11-15(22-17)13-7-3-1-4-8-13/h1-11H. The molecule has 0 spiro atoms. The largest absolute Gasteiger partial charge is 0.757 e. The normalized spacial score (nSPS) is 10.0. The lowest BCUT2D eigenvalue weighted by Gasteiger charge is -2.03. The Hall–Kier alpha value is -3.30. The molecule has 0 bridgehead atoms. The van der Waals surface area contributed by atoms with Crippen molar-refractivity contribution < 1.29 is 8.98 Å². The Labute approximate surface area is 126 Å². The molecular weight excluding hydrogens is 278 g/mol. The van der Waals surface area contributed by atoms with Crippen LogP contribution in [0.3, 0.4) is 0 Å². The van der Waals surface area contributed by atoms with E-state index < -0.39 is 5.56 Å². The fourth-order valence-corrected chi connectivity index (χ4v) is 2.01. The summed E-state index contributed by atoms with van der Waals surface area (Å²) in [6, 6.07) is 15.9. The molecule has 0 N–H and O–H groups in total. The molecule has 2 heterocycles. The molecule has 0 aliphatic carbocycles. The summed E-state index contributed by atoms with van der Waals surface area (Å²) in [6.07, 6.45) is 3.38. The minimum Gasteiger partial charge on any atom is -0.757 e. The Morgan fingerprint density at radius 2 is 1.77 bits per heavy atom. The number of pyridine rings is 1. The lowest BCUT2D eigenvalue weighted by Crippen LogP contribution is -2.33. The van der Waals surface area contributed by atoms with Crippen molar-refractivity contribution >= 4 is 11.6 Å². The molecule has 3 aromatic rings. The highest BCUT2D eigenvalue weighted by Gasteiger charge is 2.17. The summed E-state index contributed by atoms with van der Waals surface area (Å²) >= 11 is 0. The molecule has 1 aromatic carbocycles. The second-order valence-electron chi connectivity index (χ2n) is 4.48. The maximum Gasteiger partial charge on any atom is 0.304 e. The summed E-state index contributed by atoms with van der Waals surface area (Å²) in [5.74, 6) is 2.39. The van der Waals surface area contributed by atoms with Gasteiger partial charge in [-0.15, -0.1) is 0 Å². The van der Waals surface area contributed by atoms with Gasteiger partial charge in [0.2, 0.25) is 0 Å². The molecule has 0 amide bonds. The predicted octanol–water partition coefficient (Wildman–Crippen LogP) is 2.12. The molecule has 0 atom stereocenters. The van der Waals surface area contributed by atoms with E-state index in [1.165, 1.54) is 6.07 Å². The topological polar surface area (TPSA) is 69.3 Å². The second-order valence-corrected chi connectivity index (χ2v) is 4.48. The molecule has 3 rings (SSSR count). The average Bonchev–Trinajstić information content (AvgIpc) is 2.57. The zero-order chi connectivity index (χ0) is 15.4. The third kappa shape index (κ3) is 2.75. The fourth-order valence-electron chi connectivity index (χ4n) is 2.01. The highest BCUT2D eigenvalue weighted by molar-refractivity contribution is 5.83. The number of benzene rings is 1. The van der Waals surface area contributed by atoms with Crippen LogP contribution in [0.2, 0.25) is 0 Å². The van der Waals surface area contributed by atoms with Gasteiger partial charge in [-0.3, -0.25) is 4.79 Å². The summed E-state index contributed by atoms with van der Waals surface area (Å²) < 4.78 is 7.22. The summed E-state index contributed by atoms with van der Waals surface area (Å²) in [7, 11) is 0. The first-order chi connectivity index (χ1) is 10.8. The van der Waals surface area contributed by atoms with E-state index in [1.54, 1.807) is 29.1 Å². The van der Waals surface area contributed by atoms with Gasteiger partial charge in [0.25, 0.3) is 11.3 Å². The predicted molar refractivity (Wildman–Crippen MR) is 82.0 cm³/mol. The van der Waals surface area contributed by atoms with E-state index in [0.717, 1.165) is 5.56 Å².